The lowest BCUT2D eigenvalue weighted by atomic mass is 9.98. The van der Waals surface area contributed by atoms with Crippen LogP contribution in [0.25, 0.3) is 11.1 Å². The molecular formula is C22H16F3NO3. The number of carbonyl (C=O) groups excluding carboxylic acids is 1. The molecule has 29 heavy (non-hydrogen) atoms. The molecule has 0 atom stereocenters. The van der Waals surface area contributed by atoms with Gasteiger partial charge in [0.15, 0.2) is 0 Å². The molecule has 7 heteroatoms. The molecule has 0 spiro atoms. The highest BCUT2D eigenvalue weighted by Gasteiger charge is 2.32. The second-order valence-electron chi connectivity index (χ2n) is 6.68. The number of amides is 1. The molecule has 0 saturated carbocycles. The van der Waals surface area contributed by atoms with E-state index in [9.17, 15) is 23.1 Å². The minimum absolute atomic E-state index is 0.0135. The fraction of sp³-hybridized carbons (Fsp3) is 0.136. The Morgan fingerprint density at radius 2 is 1.55 bits per heavy atom. The van der Waals surface area contributed by atoms with Gasteiger partial charge in [0, 0.05) is 5.92 Å². The number of phenolic OH excluding ortho intramolecular Hbond substituents is 1. The van der Waals surface area contributed by atoms with Crippen molar-refractivity contribution in [1.29, 1.82) is 0 Å². The summed E-state index contributed by atoms with van der Waals surface area (Å²) in [5, 5.41) is 11.9. The normalized spacial score (nSPS) is 12.9. The lowest BCUT2D eigenvalue weighted by molar-refractivity contribution is -0.137. The minimum atomic E-state index is -4.59. The predicted molar refractivity (Wildman–Crippen MR) is 102 cm³/mol. The van der Waals surface area contributed by atoms with Gasteiger partial charge in [0.1, 0.15) is 12.4 Å². The first kappa shape index (κ1) is 18.9. The van der Waals surface area contributed by atoms with Crippen LogP contribution in [0.4, 0.5) is 23.7 Å². The summed E-state index contributed by atoms with van der Waals surface area (Å²) < 4.78 is 43.8. The summed E-state index contributed by atoms with van der Waals surface area (Å²) in [5.74, 6) is -0.658. The Hall–Kier alpha value is -3.48. The van der Waals surface area contributed by atoms with Crippen LogP contribution in [0, 0.1) is 0 Å². The summed E-state index contributed by atoms with van der Waals surface area (Å²) in [4.78, 5) is 12.2. The average molecular weight is 399 g/mol. The number of hydrogen-bond acceptors (Lipinski definition) is 3. The van der Waals surface area contributed by atoms with E-state index in [1.165, 1.54) is 0 Å². The number of carbonyl (C=O) groups is 1. The van der Waals surface area contributed by atoms with Gasteiger partial charge >= 0.3 is 12.3 Å². The molecule has 1 amide bonds. The van der Waals surface area contributed by atoms with Crippen LogP contribution in [-0.4, -0.2) is 17.8 Å². The van der Waals surface area contributed by atoms with Crippen LogP contribution in [0.1, 0.15) is 22.6 Å². The topological polar surface area (TPSA) is 58.6 Å². The third-order valence-corrected chi connectivity index (χ3v) is 4.90. The van der Waals surface area contributed by atoms with Crippen LogP contribution >= 0.6 is 0 Å². The van der Waals surface area contributed by atoms with Gasteiger partial charge in [0.05, 0.1) is 11.3 Å². The first-order valence-corrected chi connectivity index (χ1v) is 8.87. The number of halogens is 3. The number of anilines is 1. The predicted octanol–water partition coefficient (Wildman–Crippen LogP) is 5.77. The first-order chi connectivity index (χ1) is 13.8. The summed E-state index contributed by atoms with van der Waals surface area (Å²) >= 11 is 0. The van der Waals surface area contributed by atoms with Crippen LogP contribution < -0.4 is 5.32 Å². The Morgan fingerprint density at radius 3 is 2.14 bits per heavy atom. The third-order valence-electron chi connectivity index (χ3n) is 4.90. The molecule has 148 valence electrons. The molecule has 4 rings (SSSR count). The lowest BCUT2D eigenvalue weighted by Gasteiger charge is -2.15. The molecule has 0 fully saturated rings. The van der Waals surface area contributed by atoms with E-state index in [1.807, 2.05) is 48.5 Å². The van der Waals surface area contributed by atoms with Crippen molar-refractivity contribution in [3.05, 3.63) is 83.4 Å². The molecule has 3 aromatic rings. The standard InChI is InChI=1S/C22H16F3NO3/c23-22(24,25)13-9-10-20(27)19(11-13)26-21(28)29-12-18-16-7-3-1-5-14(16)15-6-2-4-8-17(15)18/h1-11,18,27H,12H2,(H,26,28). The number of fused-ring (bicyclic) bond motifs is 3. The van der Waals surface area contributed by atoms with Crippen LogP contribution in [0.5, 0.6) is 5.75 Å². The summed E-state index contributed by atoms with van der Waals surface area (Å²) in [7, 11) is 0. The van der Waals surface area contributed by atoms with E-state index in [4.69, 9.17) is 4.74 Å². The van der Waals surface area contributed by atoms with Crippen molar-refractivity contribution >= 4 is 11.8 Å². The number of aromatic hydroxyl groups is 1. The highest BCUT2D eigenvalue weighted by atomic mass is 19.4. The molecule has 0 saturated heterocycles. The zero-order chi connectivity index (χ0) is 20.6. The van der Waals surface area contributed by atoms with Gasteiger partial charge in [-0.2, -0.15) is 13.2 Å². The molecule has 0 bridgehead atoms. The third kappa shape index (κ3) is 3.63. The quantitative estimate of drug-likeness (QED) is 0.550. The number of alkyl halides is 3. The number of rotatable bonds is 3. The molecule has 2 N–H and O–H groups in total. The maximum atomic E-state index is 12.8. The van der Waals surface area contributed by atoms with Gasteiger partial charge in [-0.1, -0.05) is 48.5 Å². The summed E-state index contributed by atoms with van der Waals surface area (Å²) in [5.41, 5.74) is 2.81. The van der Waals surface area contributed by atoms with Crippen molar-refractivity contribution in [1.82, 2.24) is 0 Å². The minimum Gasteiger partial charge on any atom is -0.506 e. The van der Waals surface area contributed by atoms with Crippen molar-refractivity contribution in [2.75, 3.05) is 11.9 Å². The highest BCUT2D eigenvalue weighted by molar-refractivity contribution is 5.87. The molecule has 1 aliphatic rings. The van der Waals surface area contributed by atoms with Gasteiger partial charge in [0.25, 0.3) is 0 Å². The smallest absolute Gasteiger partial charge is 0.416 e. The van der Waals surface area contributed by atoms with E-state index in [0.717, 1.165) is 34.4 Å². The molecule has 4 nitrogen and oxygen atoms in total. The Bertz CT molecular complexity index is 1030. The number of nitrogens with one attached hydrogen (secondary N) is 1. The van der Waals surface area contributed by atoms with Gasteiger partial charge in [0.2, 0.25) is 0 Å². The largest absolute Gasteiger partial charge is 0.506 e. The van der Waals surface area contributed by atoms with Crippen LogP contribution in [-0.2, 0) is 10.9 Å². The molecule has 0 radical (unpaired) electrons. The van der Waals surface area contributed by atoms with Gasteiger partial charge in [-0.3, -0.25) is 5.32 Å². The lowest BCUT2D eigenvalue weighted by Crippen LogP contribution is -2.18. The van der Waals surface area contributed by atoms with Crippen molar-refractivity contribution < 1.29 is 27.8 Å². The molecular weight excluding hydrogens is 383 g/mol. The SMILES string of the molecule is O=C(Nc1cc(C(F)(F)F)ccc1O)OCC1c2ccccc2-c2ccccc21. The van der Waals surface area contributed by atoms with E-state index in [0.29, 0.717) is 6.07 Å². The maximum absolute atomic E-state index is 12.8. The van der Waals surface area contributed by atoms with Crippen LogP contribution in [0.15, 0.2) is 66.7 Å². The van der Waals surface area contributed by atoms with Crippen LogP contribution in [0.2, 0.25) is 0 Å². The van der Waals surface area contributed by atoms with Crippen molar-refractivity contribution in [3.8, 4) is 16.9 Å². The first-order valence-electron chi connectivity index (χ1n) is 8.87. The Labute approximate surface area is 164 Å². The summed E-state index contributed by atoms with van der Waals surface area (Å²) in [6.07, 6.45) is -5.54. The Kier molecular flexibility index (Phi) is 4.66. The Morgan fingerprint density at radius 1 is 0.966 bits per heavy atom. The zero-order valence-corrected chi connectivity index (χ0v) is 15.0. The van der Waals surface area contributed by atoms with E-state index in [2.05, 4.69) is 5.32 Å². The molecule has 1 aliphatic carbocycles. The highest BCUT2D eigenvalue weighted by Crippen LogP contribution is 2.44. The summed E-state index contributed by atoms with van der Waals surface area (Å²) in [6.45, 7) is 0.0135. The van der Waals surface area contributed by atoms with Crippen molar-refractivity contribution in [2.45, 2.75) is 12.1 Å². The molecule has 0 heterocycles. The van der Waals surface area contributed by atoms with Crippen molar-refractivity contribution in [2.24, 2.45) is 0 Å². The molecule has 3 aromatic carbocycles. The summed E-state index contributed by atoms with van der Waals surface area (Å²) in [6, 6.07) is 17.8. The van der Waals surface area contributed by atoms with Gasteiger partial charge in [-0.05, 0) is 40.5 Å². The van der Waals surface area contributed by atoms with E-state index in [1.54, 1.807) is 0 Å². The van der Waals surface area contributed by atoms with E-state index < -0.39 is 23.6 Å². The fourth-order valence-electron chi connectivity index (χ4n) is 3.56. The Balaban J connectivity index is 1.50. The zero-order valence-electron chi connectivity index (χ0n) is 15.0. The molecule has 0 aromatic heterocycles. The number of hydrogen-bond donors (Lipinski definition) is 2. The van der Waals surface area contributed by atoms with Gasteiger partial charge in [-0.25, -0.2) is 4.79 Å². The van der Waals surface area contributed by atoms with Crippen molar-refractivity contribution in [3.63, 3.8) is 0 Å². The van der Waals surface area contributed by atoms with Crippen LogP contribution in [0.3, 0.4) is 0 Å². The number of phenols is 1. The van der Waals surface area contributed by atoms with E-state index >= 15 is 0 Å². The van der Waals surface area contributed by atoms with E-state index in [-0.39, 0.29) is 18.2 Å². The monoisotopic (exact) mass is 399 g/mol. The molecule has 0 aliphatic heterocycles. The number of ether oxygens (including phenoxy) is 1. The number of benzene rings is 3. The molecule has 0 unspecified atom stereocenters. The second-order valence-corrected chi connectivity index (χ2v) is 6.68. The maximum Gasteiger partial charge on any atom is 0.416 e. The fourth-order valence-corrected chi connectivity index (χ4v) is 3.56. The van der Waals surface area contributed by atoms with Gasteiger partial charge < -0.3 is 9.84 Å². The van der Waals surface area contributed by atoms with Gasteiger partial charge in [-0.15, -0.1) is 0 Å². The average Bonchev–Trinajstić information content (AvgIpc) is 3.01. The second kappa shape index (κ2) is 7.16.